The van der Waals surface area contributed by atoms with Gasteiger partial charge in [0.15, 0.2) is 5.82 Å². The number of halogens is 1. The molecule has 3 aromatic rings. The molecule has 0 fully saturated rings. The van der Waals surface area contributed by atoms with Gasteiger partial charge in [-0.2, -0.15) is 0 Å². The minimum absolute atomic E-state index is 0.0830. The number of nitrogens with zero attached hydrogens (tertiary/aromatic N) is 3. The van der Waals surface area contributed by atoms with E-state index in [0.717, 1.165) is 12.1 Å². The van der Waals surface area contributed by atoms with Crippen molar-refractivity contribution in [2.45, 2.75) is 72.5 Å². The van der Waals surface area contributed by atoms with Crippen LogP contribution >= 0.6 is 0 Å². The maximum Gasteiger partial charge on any atom is 0.414 e. The molecule has 202 valence electrons. The molecular weight excluding hydrogens is 489 g/mol. The molecule has 0 saturated carbocycles. The van der Waals surface area contributed by atoms with E-state index in [1.807, 2.05) is 27.7 Å². The number of hydrogen-bond donors (Lipinski definition) is 2. The Kier molecular flexibility index (Phi) is 6.94. The van der Waals surface area contributed by atoms with Crippen molar-refractivity contribution in [3.63, 3.8) is 0 Å². The number of rotatable bonds is 2. The van der Waals surface area contributed by atoms with Crippen molar-refractivity contribution in [1.82, 2.24) is 9.97 Å². The quantitative estimate of drug-likeness (QED) is 0.401. The lowest BCUT2D eigenvalue weighted by atomic mass is 9.94. The Morgan fingerprint density at radius 3 is 2.37 bits per heavy atom. The number of ether oxygens (including phenoxy) is 2. The second-order valence-corrected chi connectivity index (χ2v) is 11.4. The third-order valence-corrected chi connectivity index (χ3v) is 5.96. The summed E-state index contributed by atoms with van der Waals surface area (Å²) in [6, 6.07) is 3.24. The lowest BCUT2D eigenvalue weighted by Crippen LogP contribution is -2.40. The maximum absolute atomic E-state index is 16.2. The molecule has 0 atom stereocenters. The monoisotopic (exact) mass is 523 g/mol. The SMILES string of the molecule is Cc1c(-c2cc3cc(N)ncc3c(NC(=O)OC(C)(C)C)c2F)cnc2c1N(C(=O)OC(C)(C)C)CCC2. The standard InChI is InChI=1S/C28H34FN5O4/c1-15-18(13-31-20-9-8-10-34(24(15)20)26(36)38-28(5,6)7)17-11-16-12-21(30)32-14-19(16)23(22(17)29)33-25(35)37-27(2,3)4/h11-14H,8-10H2,1-7H3,(H2,30,32)(H,33,35). The molecule has 3 N–H and O–H groups in total. The third kappa shape index (κ3) is 5.64. The van der Waals surface area contributed by atoms with E-state index in [0.29, 0.717) is 40.6 Å². The second kappa shape index (κ2) is 9.74. The average molecular weight is 524 g/mol. The van der Waals surface area contributed by atoms with Crippen LogP contribution in [0.5, 0.6) is 0 Å². The largest absolute Gasteiger partial charge is 0.444 e. The fourth-order valence-electron chi connectivity index (χ4n) is 4.49. The van der Waals surface area contributed by atoms with Crippen molar-refractivity contribution in [3.8, 4) is 11.1 Å². The first-order valence-corrected chi connectivity index (χ1v) is 12.5. The highest BCUT2D eigenvalue weighted by atomic mass is 19.1. The summed E-state index contributed by atoms with van der Waals surface area (Å²) in [5.41, 5.74) is 7.07. The number of aromatic nitrogens is 2. The minimum Gasteiger partial charge on any atom is -0.444 e. The van der Waals surface area contributed by atoms with Gasteiger partial charge in [-0.1, -0.05) is 0 Å². The molecule has 1 aromatic carbocycles. The molecule has 2 amide bonds. The summed E-state index contributed by atoms with van der Waals surface area (Å²) in [5.74, 6) is -0.436. The van der Waals surface area contributed by atoms with Crippen LogP contribution in [-0.2, 0) is 15.9 Å². The molecule has 0 unspecified atom stereocenters. The average Bonchev–Trinajstić information content (AvgIpc) is 2.78. The molecule has 3 heterocycles. The summed E-state index contributed by atoms with van der Waals surface area (Å²) < 4.78 is 27.2. The van der Waals surface area contributed by atoms with E-state index in [2.05, 4.69) is 15.3 Å². The predicted molar refractivity (Wildman–Crippen MR) is 146 cm³/mol. The molecule has 0 saturated heterocycles. The molecule has 10 heteroatoms. The van der Waals surface area contributed by atoms with Crippen molar-refractivity contribution in [3.05, 3.63) is 41.6 Å². The number of nitrogens with one attached hydrogen (secondary N) is 1. The number of amides is 2. The fraction of sp³-hybridized carbons (Fsp3) is 0.429. The number of aryl methyl sites for hydroxylation is 1. The van der Waals surface area contributed by atoms with Crippen LogP contribution in [-0.4, -0.2) is 39.9 Å². The Balaban J connectivity index is 1.88. The van der Waals surface area contributed by atoms with Crippen LogP contribution in [0.3, 0.4) is 0 Å². The lowest BCUT2D eigenvalue weighted by molar-refractivity contribution is 0.0575. The van der Waals surface area contributed by atoms with Gasteiger partial charge >= 0.3 is 12.2 Å². The zero-order chi connectivity index (χ0) is 28.0. The van der Waals surface area contributed by atoms with Crippen molar-refractivity contribution in [1.29, 1.82) is 0 Å². The number of anilines is 3. The number of nitrogen functional groups attached to an aromatic ring is 1. The topological polar surface area (TPSA) is 120 Å². The van der Waals surface area contributed by atoms with E-state index >= 15 is 4.39 Å². The van der Waals surface area contributed by atoms with Crippen LogP contribution in [0.15, 0.2) is 24.5 Å². The van der Waals surface area contributed by atoms with Crippen LogP contribution in [0.25, 0.3) is 21.9 Å². The highest BCUT2D eigenvalue weighted by molar-refractivity contribution is 6.04. The molecule has 1 aliphatic rings. The predicted octanol–water partition coefficient (Wildman–Crippen LogP) is 6.36. The molecular formula is C28H34FN5O4. The molecule has 1 aliphatic heterocycles. The van der Waals surface area contributed by atoms with Gasteiger partial charge in [-0.25, -0.2) is 19.0 Å². The summed E-state index contributed by atoms with van der Waals surface area (Å²) in [6.07, 6.45) is 3.14. The van der Waals surface area contributed by atoms with Gasteiger partial charge in [0, 0.05) is 35.5 Å². The normalized spacial score (nSPS) is 13.7. The van der Waals surface area contributed by atoms with Crippen LogP contribution in [0.1, 0.15) is 59.2 Å². The minimum atomic E-state index is -0.803. The molecule has 4 rings (SSSR count). The molecule has 0 radical (unpaired) electrons. The van der Waals surface area contributed by atoms with E-state index in [1.165, 1.54) is 6.20 Å². The maximum atomic E-state index is 16.2. The number of pyridine rings is 2. The summed E-state index contributed by atoms with van der Waals surface area (Å²) >= 11 is 0. The number of nitrogens with two attached hydrogens (primary N) is 1. The number of benzene rings is 1. The number of carbonyl (C=O) groups excluding carboxylic acids is 2. The first-order valence-electron chi connectivity index (χ1n) is 12.5. The van der Waals surface area contributed by atoms with Crippen molar-refractivity contribution in [2.75, 3.05) is 22.5 Å². The van der Waals surface area contributed by atoms with E-state index in [-0.39, 0.29) is 17.1 Å². The first kappa shape index (κ1) is 27.1. The van der Waals surface area contributed by atoms with Gasteiger partial charge in [0.2, 0.25) is 0 Å². The number of carbonyl (C=O) groups is 2. The second-order valence-electron chi connectivity index (χ2n) is 11.4. The van der Waals surface area contributed by atoms with Crippen LogP contribution in [0.2, 0.25) is 0 Å². The van der Waals surface area contributed by atoms with Gasteiger partial charge in [0.1, 0.15) is 17.0 Å². The third-order valence-electron chi connectivity index (χ3n) is 5.96. The zero-order valence-electron chi connectivity index (χ0n) is 22.9. The molecule has 0 spiro atoms. The fourth-order valence-corrected chi connectivity index (χ4v) is 4.49. The van der Waals surface area contributed by atoms with Gasteiger partial charge in [-0.15, -0.1) is 0 Å². The number of hydrogen-bond acceptors (Lipinski definition) is 7. The van der Waals surface area contributed by atoms with Crippen LogP contribution in [0.4, 0.5) is 31.2 Å². The van der Waals surface area contributed by atoms with Gasteiger partial charge < -0.3 is 15.2 Å². The van der Waals surface area contributed by atoms with Gasteiger partial charge in [-0.05, 0) is 84.4 Å². The van der Waals surface area contributed by atoms with E-state index in [1.54, 1.807) is 44.0 Å². The summed E-state index contributed by atoms with van der Waals surface area (Å²) in [6.45, 7) is 12.9. The van der Waals surface area contributed by atoms with Crippen LogP contribution < -0.4 is 16.0 Å². The Labute approximate surface area is 221 Å². The zero-order valence-corrected chi connectivity index (χ0v) is 22.9. The summed E-state index contributed by atoms with van der Waals surface area (Å²) in [5, 5.41) is 3.49. The Hall–Kier alpha value is -3.95. The van der Waals surface area contributed by atoms with Gasteiger partial charge in [0.05, 0.1) is 17.1 Å². The highest BCUT2D eigenvalue weighted by Crippen LogP contribution is 2.41. The van der Waals surface area contributed by atoms with Gasteiger partial charge in [-0.3, -0.25) is 15.2 Å². The molecule has 9 nitrogen and oxygen atoms in total. The Morgan fingerprint density at radius 1 is 1.03 bits per heavy atom. The Morgan fingerprint density at radius 2 is 1.71 bits per heavy atom. The van der Waals surface area contributed by atoms with E-state index in [9.17, 15) is 9.59 Å². The highest BCUT2D eigenvalue weighted by Gasteiger charge is 2.31. The van der Waals surface area contributed by atoms with E-state index < -0.39 is 29.2 Å². The number of fused-ring (bicyclic) bond motifs is 2. The molecule has 0 bridgehead atoms. The van der Waals surface area contributed by atoms with Crippen molar-refractivity contribution in [2.24, 2.45) is 0 Å². The van der Waals surface area contributed by atoms with Gasteiger partial charge in [0.25, 0.3) is 0 Å². The molecule has 38 heavy (non-hydrogen) atoms. The Bertz CT molecular complexity index is 1430. The molecule has 0 aliphatic carbocycles. The summed E-state index contributed by atoms with van der Waals surface area (Å²) in [7, 11) is 0. The van der Waals surface area contributed by atoms with Crippen molar-refractivity contribution < 1.29 is 23.5 Å². The lowest BCUT2D eigenvalue weighted by Gasteiger charge is -2.33. The van der Waals surface area contributed by atoms with E-state index in [4.69, 9.17) is 15.2 Å². The first-order chi connectivity index (χ1) is 17.6. The van der Waals surface area contributed by atoms with Crippen molar-refractivity contribution >= 4 is 40.2 Å². The molecule has 2 aromatic heterocycles. The smallest absolute Gasteiger partial charge is 0.414 e. The van der Waals surface area contributed by atoms with Crippen LogP contribution in [0, 0.1) is 12.7 Å². The summed E-state index contributed by atoms with van der Waals surface area (Å²) in [4.78, 5) is 35.9.